The van der Waals surface area contributed by atoms with Gasteiger partial charge >= 0.3 is 22.4 Å². The molecule has 0 N–H and O–H groups in total. The third kappa shape index (κ3) is 21.7. The predicted molar refractivity (Wildman–Crippen MR) is 143 cm³/mol. The van der Waals surface area contributed by atoms with Crippen molar-refractivity contribution < 1.29 is 32.3 Å². The van der Waals surface area contributed by atoms with Crippen LogP contribution in [0.4, 0.5) is 0 Å². The molecule has 0 spiro atoms. The van der Waals surface area contributed by atoms with E-state index in [1.165, 1.54) is 109 Å². The maximum absolute atomic E-state index is 10.3. The summed E-state index contributed by atoms with van der Waals surface area (Å²) in [5.74, 6) is -0.901. The van der Waals surface area contributed by atoms with Gasteiger partial charge in [-0.05, 0) is 12.8 Å². The van der Waals surface area contributed by atoms with Crippen LogP contribution in [0.5, 0.6) is 0 Å². The van der Waals surface area contributed by atoms with E-state index >= 15 is 0 Å². The summed E-state index contributed by atoms with van der Waals surface area (Å²) in [4.78, 5) is 10.3. The molecule has 0 fully saturated rings. The van der Waals surface area contributed by atoms with Crippen LogP contribution in [-0.4, -0.2) is 16.2 Å². The minimum absolute atomic E-state index is 0. The zero-order chi connectivity index (χ0) is 24.5. The summed E-state index contributed by atoms with van der Waals surface area (Å²) >= 11 is 0. The van der Waals surface area contributed by atoms with E-state index in [-0.39, 0.29) is 28.8 Å². The average Bonchev–Trinajstić information content (AvgIpc) is 2.86. The summed E-state index contributed by atoms with van der Waals surface area (Å²) in [7, 11) is 0. The molecule has 202 valence electrons. The SMILES string of the molecule is CCCCCCCCCCCCCCCCCCCCCC(=O)[O-].[Ag+].c1ccc2cnncc2c1. The van der Waals surface area contributed by atoms with Gasteiger partial charge in [-0.2, -0.15) is 10.2 Å². The number of hydrogen-bond donors (Lipinski definition) is 0. The number of benzene rings is 1. The van der Waals surface area contributed by atoms with Gasteiger partial charge in [0.15, 0.2) is 0 Å². The van der Waals surface area contributed by atoms with E-state index in [1.54, 1.807) is 12.4 Å². The Labute approximate surface area is 230 Å². The number of hydrogen-bond acceptors (Lipinski definition) is 4. The summed E-state index contributed by atoms with van der Waals surface area (Å²) in [5, 5.41) is 20.1. The van der Waals surface area contributed by atoms with Crippen LogP contribution >= 0.6 is 0 Å². The number of nitrogens with zero attached hydrogens (tertiary/aromatic N) is 2. The van der Waals surface area contributed by atoms with Crippen molar-refractivity contribution in [2.75, 3.05) is 0 Å². The van der Waals surface area contributed by atoms with E-state index in [0.29, 0.717) is 0 Å². The molecule has 0 radical (unpaired) electrons. The number of aliphatic carboxylic acids is 1. The molecule has 0 unspecified atom stereocenters. The number of rotatable bonds is 20. The van der Waals surface area contributed by atoms with Gasteiger partial charge in [0.2, 0.25) is 0 Å². The second-order valence-electron chi connectivity index (χ2n) is 9.60. The molecular weight excluding hydrogens is 528 g/mol. The molecule has 0 bridgehead atoms. The molecule has 1 aromatic carbocycles. The standard InChI is InChI=1S/C22H44O2.C8H6N2.Ag/c1-2-3-4-5-6-7-8-9-10-11-12-13-14-15-16-17-18-19-20-21-22(23)24;1-2-4-8-6-10-9-5-7(8)3-1;/h2-21H2,1H3,(H,23,24);1-6H;/q;;+1/p-1. The van der Waals surface area contributed by atoms with Crippen LogP contribution in [0.2, 0.25) is 0 Å². The molecule has 0 aliphatic heterocycles. The minimum atomic E-state index is -0.901. The number of carboxylic acid groups (broad SMARTS) is 1. The first kappa shape index (κ1) is 33.8. The van der Waals surface area contributed by atoms with E-state index in [0.717, 1.165) is 23.6 Å². The first-order chi connectivity index (χ1) is 16.7. The number of unbranched alkanes of at least 4 members (excludes halogenated alkanes) is 18. The predicted octanol–water partition coefficient (Wildman–Crippen LogP) is 8.19. The molecule has 0 atom stereocenters. The number of aromatic nitrogens is 2. The summed E-state index contributed by atoms with van der Waals surface area (Å²) in [5.41, 5.74) is 0. The third-order valence-corrected chi connectivity index (χ3v) is 6.44. The van der Waals surface area contributed by atoms with Crippen molar-refractivity contribution in [3.8, 4) is 0 Å². The van der Waals surface area contributed by atoms with Crippen LogP contribution in [0.3, 0.4) is 0 Å². The van der Waals surface area contributed by atoms with Crippen molar-refractivity contribution in [2.24, 2.45) is 0 Å². The van der Waals surface area contributed by atoms with Crippen LogP contribution in [0.15, 0.2) is 36.7 Å². The molecule has 0 saturated carbocycles. The fourth-order valence-corrected chi connectivity index (χ4v) is 4.28. The van der Waals surface area contributed by atoms with Gasteiger partial charge in [0.1, 0.15) is 0 Å². The third-order valence-electron chi connectivity index (χ3n) is 6.44. The second kappa shape index (κ2) is 25.9. The van der Waals surface area contributed by atoms with E-state index in [2.05, 4.69) is 17.1 Å². The molecule has 2 aromatic rings. The van der Waals surface area contributed by atoms with Gasteiger partial charge in [0, 0.05) is 16.7 Å². The molecule has 0 aliphatic rings. The van der Waals surface area contributed by atoms with E-state index in [9.17, 15) is 9.90 Å². The van der Waals surface area contributed by atoms with Gasteiger partial charge in [-0.25, -0.2) is 0 Å². The van der Waals surface area contributed by atoms with Gasteiger partial charge in [0.05, 0.1) is 12.4 Å². The first-order valence-corrected chi connectivity index (χ1v) is 14.1. The van der Waals surface area contributed by atoms with Crippen LogP contribution in [0, 0.1) is 0 Å². The Kier molecular flexibility index (Phi) is 24.9. The summed E-state index contributed by atoms with van der Waals surface area (Å²) < 4.78 is 0. The Morgan fingerprint density at radius 3 is 1.23 bits per heavy atom. The van der Waals surface area contributed by atoms with Crippen molar-refractivity contribution in [1.29, 1.82) is 0 Å². The minimum Gasteiger partial charge on any atom is -0.550 e. The van der Waals surface area contributed by atoms with Gasteiger partial charge in [-0.1, -0.05) is 147 Å². The topological polar surface area (TPSA) is 65.9 Å². The Hall–Kier alpha value is -1.23. The molecule has 0 amide bonds. The first-order valence-electron chi connectivity index (χ1n) is 14.1. The summed E-state index contributed by atoms with van der Waals surface area (Å²) in [6.45, 7) is 2.28. The van der Waals surface area contributed by atoms with Crippen molar-refractivity contribution in [3.05, 3.63) is 36.7 Å². The molecule has 2 rings (SSSR count). The number of carbonyl (C=O) groups excluding carboxylic acids is 1. The smallest absolute Gasteiger partial charge is 0.550 e. The van der Waals surface area contributed by atoms with Crippen molar-refractivity contribution in [1.82, 2.24) is 10.2 Å². The molecule has 35 heavy (non-hydrogen) atoms. The van der Waals surface area contributed by atoms with Crippen molar-refractivity contribution in [3.63, 3.8) is 0 Å². The maximum atomic E-state index is 10.3. The molecule has 1 aromatic heterocycles. The molecule has 5 heteroatoms. The monoisotopic (exact) mass is 576 g/mol. The molecular formula is C30H49AgN2O2. The Bertz CT molecular complexity index is 661. The average molecular weight is 578 g/mol. The largest absolute Gasteiger partial charge is 1.00 e. The molecule has 1 heterocycles. The molecule has 0 saturated heterocycles. The Morgan fingerprint density at radius 2 is 0.914 bits per heavy atom. The second-order valence-corrected chi connectivity index (χ2v) is 9.60. The molecule has 0 aliphatic carbocycles. The summed E-state index contributed by atoms with van der Waals surface area (Å²) in [6, 6.07) is 8.02. The van der Waals surface area contributed by atoms with Gasteiger partial charge in [-0.15, -0.1) is 0 Å². The zero-order valence-corrected chi connectivity index (χ0v) is 23.6. The molecule has 4 nitrogen and oxygen atoms in total. The van der Waals surface area contributed by atoms with Crippen molar-refractivity contribution in [2.45, 2.75) is 135 Å². The fraction of sp³-hybridized carbons (Fsp3) is 0.700. The van der Waals surface area contributed by atoms with Gasteiger partial charge < -0.3 is 9.90 Å². The number of carboxylic acids is 1. The van der Waals surface area contributed by atoms with Crippen LogP contribution in [0.25, 0.3) is 10.8 Å². The Morgan fingerprint density at radius 1 is 0.600 bits per heavy atom. The van der Waals surface area contributed by atoms with Crippen molar-refractivity contribution >= 4 is 16.7 Å². The fourth-order valence-electron chi connectivity index (χ4n) is 4.28. The number of carbonyl (C=O) groups is 1. The van der Waals surface area contributed by atoms with E-state index in [4.69, 9.17) is 0 Å². The zero-order valence-electron chi connectivity index (χ0n) is 22.1. The number of fused-ring (bicyclic) bond motifs is 1. The quantitative estimate of drug-likeness (QED) is 0.118. The van der Waals surface area contributed by atoms with Crippen LogP contribution < -0.4 is 5.11 Å². The van der Waals surface area contributed by atoms with Gasteiger partial charge in [-0.3, -0.25) is 0 Å². The van der Waals surface area contributed by atoms with Crippen LogP contribution in [-0.2, 0) is 27.2 Å². The maximum Gasteiger partial charge on any atom is 1.00 e. The van der Waals surface area contributed by atoms with Crippen LogP contribution in [0.1, 0.15) is 135 Å². The van der Waals surface area contributed by atoms with E-state index < -0.39 is 5.97 Å². The van der Waals surface area contributed by atoms with E-state index in [1.807, 2.05) is 24.3 Å². The Balaban J connectivity index is 0.000000861. The van der Waals surface area contributed by atoms with Gasteiger partial charge in [0.25, 0.3) is 0 Å². The normalized spacial score (nSPS) is 10.4. The summed E-state index contributed by atoms with van der Waals surface area (Å²) in [6.07, 6.45) is 29.3.